The van der Waals surface area contributed by atoms with Gasteiger partial charge in [0.2, 0.25) is 11.7 Å². The Hall–Kier alpha value is -3.80. The van der Waals surface area contributed by atoms with E-state index in [1.807, 2.05) is 24.3 Å². The fourth-order valence-corrected chi connectivity index (χ4v) is 3.78. The van der Waals surface area contributed by atoms with Gasteiger partial charge in [-0.25, -0.2) is 15.0 Å². The number of imidazole rings is 1. The van der Waals surface area contributed by atoms with Gasteiger partial charge in [-0.05, 0) is 67.2 Å². The highest BCUT2D eigenvalue weighted by Crippen LogP contribution is 2.34. The van der Waals surface area contributed by atoms with Crippen molar-refractivity contribution in [2.45, 2.75) is 26.2 Å². The van der Waals surface area contributed by atoms with Crippen molar-refractivity contribution in [3.05, 3.63) is 84.1 Å². The van der Waals surface area contributed by atoms with Crippen molar-refractivity contribution >= 4 is 22.4 Å². The minimum Gasteiger partial charge on any atom is -0.437 e. The van der Waals surface area contributed by atoms with Crippen LogP contribution in [0, 0.1) is 5.92 Å². The van der Waals surface area contributed by atoms with Gasteiger partial charge < -0.3 is 9.72 Å². The number of hydrogen-bond acceptors (Lipinski definition) is 5. The molecule has 2 aromatic carbocycles. The Morgan fingerprint density at radius 2 is 1.87 bits per heavy atom. The number of nitrogens with one attached hydrogen (secondary N) is 1. The minimum absolute atomic E-state index is 0.163. The van der Waals surface area contributed by atoms with Crippen LogP contribution in [0.5, 0.6) is 11.6 Å². The molecule has 1 aliphatic carbocycles. The lowest BCUT2D eigenvalue weighted by atomic mass is 9.90. The molecule has 6 heteroatoms. The second-order valence-corrected chi connectivity index (χ2v) is 7.88. The molecular formula is C25H22N4O2. The Balaban J connectivity index is 1.36. The summed E-state index contributed by atoms with van der Waals surface area (Å²) in [7, 11) is 0. The lowest BCUT2D eigenvalue weighted by Gasteiger charge is -2.19. The number of rotatable bonds is 5. The second kappa shape index (κ2) is 8.14. The van der Waals surface area contributed by atoms with Crippen LogP contribution in [0.1, 0.15) is 48.1 Å². The van der Waals surface area contributed by atoms with Gasteiger partial charge in [-0.15, -0.1) is 0 Å². The Labute approximate surface area is 180 Å². The fourth-order valence-electron chi connectivity index (χ4n) is 3.78. The van der Waals surface area contributed by atoms with E-state index >= 15 is 0 Å². The third-order valence-electron chi connectivity index (χ3n) is 5.58. The summed E-state index contributed by atoms with van der Waals surface area (Å²) in [5.74, 6) is 1.95. The fraction of sp³-hybridized carbons (Fsp3) is 0.200. The Bertz CT molecular complexity index is 1240. The number of para-hydroxylation sites is 2. The van der Waals surface area contributed by atoms with Gasteiger partial charge in [0.05, 0.1) is 11.0 Å². The van der Waals surface area contributed by atoms with Crippen LogP contribution in [-0.2, 0) is 0 Å². The number of carbonyl (C=O) groups is 1. The Morgan fingerprint density at radius 1 is 1.06 bits per heavy atom. The van der Waals surface area contributed by atoms with E-state index in [4.69, 9.17) is 4.74 Å². The first-order valence-electron chi connectivity index (χ1n) is 10.4. The van der Waals surface area contributed by atoms with Crippen LogP contribution in [0.3, 0.4) is 0 Å². The van der Waals surface area contributed by atoms with Crippen LogP contribution in [0.15, 0.2) is 67.0 Å². The predicted octanol–water partition coefficient (Wildman–Crippen LogP) is 5.58. The monoisotopic (exact) mass is 410 g/mol. The van der Waals surface area contributed by atoms with Crippen molar-refractivity contribution in [3.8, 4) is 11.6 Å². The normalized spacial score (nSPS) is 16.2. The smallest absolute Gasteiger partial charge is 0.245 e. The van der Waals surface area contributed by atoms with E-state index in [9.17, 15) is 4.79 Å². The molecular weight excluding hydrogens is 388 g/mol. The highest BCUT2D eigenvalue weighted by atomic mass is 16.5. The van der Waals surface area contributed by atoms with Crippen LogP contribution in [-0.4, -0.2) is 25.7 Å². The third-order valence-corrected chi connectivity index (χ3v) is 5.58. The number of aromatic amines is 1. The van der Waals surface area contributed by atoms with Gasteiger partial charge in [0.25, 0.3) is 0 Å². The molecule has 0 fully saturated rings. The second-order valence-electron chi connectivity index (χ2n) is 7.88. The molecule has 154 valence electrons. The number of fused-ring (bicyclic) bond motifs is 1. The van der Waals surface area contributed by atoms with Gasteiger partial charge in [-0.1, -0.05) is 25.1 Å². The molecule has 0 saturated heterocycles. The SMILES string of the molecule is CC1CC=C(c2nccnc2Oc2ccc(C(=O)c3nc4ccccc4[nH]3)cc2)CC1. The van der Waals surface area contributed by atoms with E-state index in [1.165, 1.54) is 5.57 Å². The van der Waals surface area contributed by atoms with Gasteiger partial charge in [-0.2, -0.15) is 0 Å². The molecule has 0 aliphatic heterocycles. The van der Waals surface area contributed by atoms with E-state index in [1.54, 1.807) is 36.7 Å². The molecule has 1 unspecified atom stereocenters. The van der Waals surface area contributed by atoms with Crippen molar-refractivity contribution in [3.63, 3.8) is 0 Å². The summed E-state index contributed by atoms with van der Waals surface area (Å²) < 4.78 is 6.03. The standard InChI is InChI=1S/C25H22N4O2/c1-16-6-8-17(9-7-16)22-25(27-15-14-26-22)31-19-12-10-18(11-13-19)23(30)24-28-20-4-2-3-5-21(20)29-24/h2-5,8,10-16H,6-7,9H2,1H3,(H,28,29). The number of allylic oxidation sites excluding steroid dienone is 2. The molecule has 0 saturated carbocycles. The lowest BCUT2D eigenvalue weighted by Crippen LogP contribution is -2.05. The maximum atomic E-state index is 12.8. The predicted molar refractivity (Wildman–Crippen MR) is 119 cm³/mol. The quantitative estimate of drug-likeness (QED) is 0.435. The first kappa shape index (κ1) is 19.2. The zero-order chi connectivity index (χ0) is 21.2. The van der Waals surface area contributed by atoms with Crippen LogP contribution in [0.2, 0.25) is 0 Å². The van der Waals surface area contributed by atoms with Crippen molar-refractivity contribution in [2.24, 2.45) is 5.92 Å². The molecule has 0 radical (unpaired) electrons. The van der Waals surface area contributed by atoms with E-state index in [0.717, 1.165) is 36.0 Å². The highest BCUT2D eigenvalue weighted by Gasteiger charge is 2.18. The average molecular weight is 410 g/mol. The molecule has 5 rings (SSSR count). The number of ether oxygens (including phenoxy) is 1. The number of benzene rings is 2. The maximum absolute atomic E-state index is 12.8. The molecule has 0 amide bonds. The molecule has 2 heterocycles. The first-order chi connectivity index (χ1) is 15.2. The van der Waals surface area contributed by atoms with Gasteiger partial charge in [0.1, 0.15) is 11.4 Å². The van der Waals surface area contributed by atoms with Crippen LogP contribution in [0.4, 0.5) is 0 Å². The summed E-state index contributed by atoms with van der Waals surface area (Å²) >= 11 is 0. The summed E-state index contributed by atoms with van der Waals surface area (Å²) in [5.41, 5.74) is 4.12. The average Bonchev–Trinajstić information content (AvgIpc) is 3.25. The summed E-state index contributed by atoms with van der Waals surface area (Å²) in [6, 6.07) is 14.6. The third kappa shape index (κ3) is 3.97. The molecule has 31 heavy (non-hydrogen) atoms. The lowest BCUT2D eigenvalue weighted by molar-refractivity contribution is 0.103. The number of carbonyl (C=O) groups excluding carboxylic acids is 1. The number of nitrogens with zero attached hydrogens (tertiary/aromatic N) is 3. The number of ketones is 1. The van der Waals surface area contributed by atoms with Crippen molar-refractivity contribution in [2.75, 3.05) is 0 Å². The van der Waals surface area contributed by atoms with Crippen LogP contribution < -0.4 is 4.74 Å². The molecule has 1 N–H and O–H groups in total. The van der Waals surface area contributed by atoms with E-state index in [2.05, 4.69) is 32.9 Å². The Kier molecular flexibility index (Phi) is 5.04. The van der Waals surface area contributed by atoms with Crippen molar-refractivity contribution in [1.29, 1.82) is 0 Å². The van der Waals surface area contributed by atoms with Gasteiger partial charge in [0.15, 0.2) is 5.82 Å². The van der Waals surface area contributed by atoms with Crippen LogP contribution in [0.25, 0.3) is 16.6 Å². The number of H-pyrrole nitrogens is 1. The molecule has 1 aliphatic rings. The highest BCUT2D eigenvalue weighted by molar-refractivity contribution is 6.08. The zero-order valence-corrected chi connectivity index (χ0v) is 17.2. The largest absolute Gasteiger partial charge is 0.437 e. The number of aromatic nitrogens is 4. The molecule has 6 nitrogen and oxygen atoms in total. The summed E-state index contributed by atoms with van der Waals surface area (Å²) in [4.78, 5) is 29.2. The van der Waals surface area contributed by atoms with E-state index < -0.39 is 0 Å². The summed E-state index contributed by atoms with van der Waals surface area (Å²) in [5, 5.41) is 0. The van der Waals surface area contributed by atoms with E-state index in [0.29, 0.717) is 28.9 Å². The Morgan fingerprint density at radius 3 is 2.65 bits per heavy atom. The van der Waals surface area contributed by atoms with Gasteiger partial charge >= 0.3 is 0 Å². The first-order valence-corrected chi connectivity index (χ1v) is 10.4. The van der Waals surface area contributed by atoms with Crippen molar-refractivity contribution in [1.82, 2.24) is 19.9 Å². The molecule has 0 bridgehead atoms. The topological polar surface area (TPSA) is 80.8 Å². The zero-order valence-electron chi connectivity index (χ0n) is 17.2. The number of hydrogen-bond donors (Lipinski definition) is 1. The van der Waals surface area contributed by atoms with Crippen molar-refractivity contribution < 1.29 is 9.53 Å². The van der Waals surface area contributed by atoms with E-state index in [-0.39, 0.29) is 5.78 Å². The molecule has 0 spiro atoms. The van der Waals surface area contributed by atoms with Gasteiger partial charge in [-0.3, -0.25) is 4.79 Å². The minimum atomic E-state index is -0.163. The summed E-state index contributed by atoms with van der Waals surface area (Å²) in [6.07, 6.45) is 8.71. The molecule has 2 aromatic heterocycles. The maximum Gasteiger partial charge on any atom is 0.245 e. The molecule has 4 aromatic rings. The molecule has 1 atom stereocenters. The summed E-state index contributed by atoms with van der Waals surface area (Å²) in [6.45, 7) is 2.26. The van der Waals surface area contributed by atoms with Gasteiger partial charge in [0, 0.05) is 18.0 Å². The van der Waals surface area contributed by atoms with Crippen LogP contribution >= 0.6 is 0 Å².